The molecule has 0 bridgehead atoms. The first-order valence-corrected chi connectivity index (χ1v) is 10.6. The van der Waals surface area contributed by atoms with Crippen LogP contribution in [-0.2, 0) is 14.3 Å². The van der Waals surface area contributed by atoms with Crippen LogP contribution >= 0.6 is 0 Å². The molecule has 0 unspecified atom stereocenters. The largest absolute Gasteiger partial charge is 0.464 e. The summed E-state index contributed by atoms with van der Waals surface area (Å²) in [4.78, 5) is 52.5. The summed E-state index contributed by atoms with van der Waals surface area (Å²) in [6, 6.07) is 14.2. The molecule has 0 atom stereocenters. The second-order valence-corrected chi connectivity index (χ2v) is 8.36. The van der Waals surface area contributed by atoms with E-state index in [1.165, 1.54) is 0 Å². The maximum absolute atomic E-state index is 12.8. The number of carbonyl (C=O) groups excluding carboxylic acids is 4. The maximum Gasteiger partial charge on any atom is 0.305 e. The summed E-state index contributed by atoms with van der Waals surface area (Å²) in [6.45, 7) is 4.07. The molecule has 8 heteroatoms. The Hall–Kier alpha value is -3.68. The molecular weight excluding hydrogens is 410 g/mol. The predicted molar refractivity (Wildman–Crippen MR) is 118 cm³/mol. The van der Waals surface area contributed by atoms with Gasteiger partial charge in [0.05, 0.1) is 29.0 Å². The van der Waals surface area contributed by atoms with Gasteiger partial charge in [-0.25, -0.2) is 0 Å². The molecule has 0 spiro atoms. The lowest BCUT2D eigenvalue weighted by Gasteiger charge is -2.39. The number of esters is 1. The molecule has 1 N–H and O–H groups in total. The number of fused-ring (bicyclic) bond motifs is 2. The summed E-state index contributed by atoms with van der Waals surface area (Å²) >= 11 is 0. The number of imide groups is 1. The average molecular weight is 435 g/mol. The van der Waals surface area contributed by atoms with Gasteiger partial charge in [-0.15, -0.1) is 0 Å². The number of nitrogens with zero attached hydrogens (tertiary/aromatic N) is 2. The van der Waals surface area contributed by atoms with Crippen LogP contribution in [0.2, 0.25) is 0 Å². The zero-order valence-electron chi connectivity index (χ0n) is 18.1. The molecule has 8 nitrogen and oxygen atoms in total. The van der Waals surface area contributed by atoms with Crippen LogP contribution in [0.25, 0.3) is 0 Å². The second-order valence-electron chi connectivity index (χ2n) is 8.36. The molecule has 0 radical (unpaired) electrons. The van der Waals surface area contributed by atoms with E-state index >= 15 is 0 Å². The van der Waals surface area contributed by atoms with Gasteiger partial charge in [0.25, 0.3) is 17.7 Å². The predicted octanol–water partition coefficient (Wildman–Crippen LogP) is 2.84. The Bertz CT molecular complexity index is 1060. The topological polar surface area (TPSA) is 96.0 Å². The average Bonchev–Trinajstić information content (AvgIpc) is 3.01. The van der Waals surface area contributed by atoms with Crippen LogP contribution in [0.1, 0.15) is 47.4 Å². The normalized spacial score (nSPS) is 16.5. The van der Waals surface area contributed by atoms with Crippen molar-refractivity contribution in [2.75, 3.05) is 29.9 Å². The van der Waals surface area contributed by atoms with Crippen molar-refractivity contribution in [2.45, 2.75) is 32.2 Å². The van der Waals surface area contributed by atoms with Crippen molar-refractivity contribution in [3.8, 4) is 0 Å². The fraction of sp³-hybridized carbons (Fsp3) is 0.333. The van der Waals surface area contributed by atoms with Crippen molar-refractivity contribution in [3.63, 3.8) is 0 Å². The molecule has 4 rings (SSSR count). The number of anilines is 2. The molecular formula is C24H25N3O5. The zero-order chi connectivity index (χ0) is 22.9. The minimum absolute atomic E-state index is 0.0575. The van der Waals surface area contributed by atoms with Crippen LogP contribution in [0.3, 0.4) is 0 Å². The Morgan fingerprint density at radius 2 is 1.53 bits per heavy atom. The third-order valence-corrected chi connectivity index (χ3v) is 5.64. The monoisotopic (exact) mass is 435 g/mol. The van der Waals surface area contributed by atoms with E-state index in [9.17, 15) is 19.2 Å². The van der Waals surface area contributed by atoms with Crippen LogP contribution in [-0.4, -0.2) is 53.8 Å². The Balaban J connectivity index is 1.26. The van der Waals surface area contributed by atoms with E-state index in [1.54, 1.807) is 29.2 Å². The highest BCUT2D eigenvalue weighted by molar-refractivity contribution is 6.21. The second kappa shape index (κ2) is 8.45. The molecule has 0 saturated heterocycles. The Morgan fingerprint density at radius 3 is 2.22 bits per heavy atom. The molecule has 2 aromatic rings. The van der Waals surface area contributed by atoms with E-state index < -0.39 is 11.5 Å². The first kappa shape index (κ1) is 21.5. The number of hydrogen-bond acceptors (Lipinski definition) is 6. The lowest BCUT2D eigenvalue weighted by Crippen LogP contribution is -2.54. The first-order chi connectivity index (χ1) is 15.3. The van der Waals surface area contributed by atoms with Crippen LogP contribution in [0.4, 0.5) is 11.4 Å². The Morgan fingerprint density at radius 1 is 0.906 bits per heavy atom. The number of nitrogens with one attached hydrogen (secondary N) is 1. The number of benzene rings is 2. The van der Waals surface area contributed by atoms with Crippen LogP contribution < -0.4 is 10.2 Å². The third-order valence-electron chi connectivity index (χ3n) is 5.64. The number of ether oxygens (including phenoxy) is 1. The van der Waals surface area contributed by atoms with E-state index in [0.29, 0.717) is 17.5 Å². The lowest BCUT2D eigenvalue weighted by molar-refractivity contribution is -0.143. The van der Waals surface area contributed by atoms with Gasteiger partial charge in [-0.1, -0.05) is 24.3 Å². The van der Waals surface area contributed by atoms with Crippen molar-refractivity contribution in [3.05, 3.63) is 59.7 Å². The minimum atomic E-state index is -0.759. The van der Waals surface area contributed by atoms with Crippen LogP contribution in [0.15, 0.2) is 48.5 Å². The Kier molecular flexibility index (Phi) is 5.69. The van der Waals surface area contributed by atoms with Crippen LogP contribution in [0, 0.1) is 0 Å². The summed E-state index contributed by atoms with van der Waals surface area (Å²) in [5, 5.41) is 3.22. The van der Waals surface area contributed by atoms with Gasteiger partial charge >= 0.3 is 5.97 Å². The van der Waals surface area contributed by atoms with Crippen molar-refractivity contribution >= 4 is 35.1 Å². The standard InChI is InChI=1S/C24H25N3O5/c1-24(2)23(31)26(19-11-6-5-10-18(19)25-24)14-15-32-20(28)12-7-13-27-21(29)16-8-3-4-9-17(16)22(27)30/h3-6,8-11,25H,7,12-15H2,1-2H3. The molecule has 2 heterocycles. The molecule has 32 heavy (non-hydrogen) atoms. The molecule has 0 fully saturated rings. The summed E-state index contributed by atoms with van der Waals surface area (Å²) in [6.07, 6.45) is 0.387. The smallest absolute Gasteiger partial charge is 0.305 e. The fourth-order valence-electron chi connectivity index (χ4n) is 4.02. The highest BCUT2D eigenvalue weighted by atomic mass is 16.5. The van der Waals surface area contributed by atoms with Gasteiger partial charge < -0.3 is 15.0 Å². The van der Waals surface area contributed by atoms with Crippen LogP contribution in [0.5, 0.6) is 0 Å². The van der Waals surface area contributed by atoms with Gasteiger partial charge in [-0.05, 0) is 44.5 Å². The third kappa shape index (κ3) is 3.95. The molecule has 0 saturated carbocycles. The summed E-state index contributed by atoms with van der Waals surface area (Å²) in [7, 11) is 0. The molecule has 0 aliphatic carbocycles. The minimum Gasteiger partial charge on any atom is -0.464 e. The molecule has 3 amide bonds. The molecule has 2 aromatic carbocycles. The van der Waals surface area contributed by atoms with Gasteiger partial charge in [-0.2, -0.15) is 0 Å². The van der Waals surface area contributed by atoms with Crippen molar-refractivity contribution < 1.29 is 23.9 Å². The van der Waals surface area contributed by atoms with E-state index in [0.717, 1.165) is 16.3 Å². The van der Waals surface area contributed by atoms with Gasteiger partial charge in [0, 0.05) is 13.0 Å². The number of hydrogen-bond donors (Lipinski definition) is 1. The molecule has 0 aromatic heterocycles. The van der Waals surface area contributed by atoms with Crippen molar-refractivity contribution in [1.82, 2.24) is 4.90 Å². The number of carbonyl (C=O) groups is 4. The van der Waals surface area contributed by atoms with Gasteiger partial charge in [0.2, 0.25) is 0 Å². The number of amides is 3. The quantitative estimate of drug-likeness (QED) is 0.531. The van der Waals surface area contributed by atoms with Gasteiger partial charge in [0.1, 0.15) is 12.1 Å². The van der Waals surface area contributed by atoms with E-state index in [2.05, 4.69) is 5.32 Å². The zero-order valence-corrected chi connectivity index (χ0v) is 18.1. The summed E-state index contributed by atoms with van der Waals surface area (Å²) < 4.78 is 5.31. The molecule has 2 aliphatic heterocycles. The van der Waals surface area contributed by atoms with Gasteiger partial charge in [0.15, 0.2) is 0 Å². The van der Waals surface area contributed by atoms with E-state index in [4.69, 9.17) is 4.74 Å². The number of para-hydroxylation sites is 2. The van der Waals surface area contributed by atoms with Gasteiger partial charge in [-0.3, -0.25) is 24.1 Å². The van der Waals surface area contributed by atoms with Crippen molar-refractivity contribution in [1.29, 1.82) is 0 Å². The first-order valence-electron chi connectivity index (χ1n) is 10.6. The highest BCUT2D eigenvalue weighted by Gasteiger charge is 2.38. The number of rotatable bonds is 7. The lowest BCUT2D eigenvalue weighted by atomic mass is 9.98. The Labute approximate surface area is 186 Å². The fourth-order valence-corrected chi connectivity index (χ4v) is 4.02. The van der Waals surface area contributed by atoms with E-state index in [-0.39, 0.29) is 43.8 Å². The summed E-state index contributed by atoms with van der Waals surface area (Å²) in [5.41, 5.74) is 1.63. The molecule has 166 valence electrons. The van der Waals surface area contributed by atoms with E-state index in [1.807, 2.05) is 38.1 Å². The highest BCUT2D eigenvalue weighted by Crippen LogP contribution is 2.34. The summed E-state index contributed by atoms with van der Waals surface area (Å²) in [5.74, 6) is -1.20. The van der Waals surface area contributed by atoms with Crippen molar-refractivity contribution in [2.24, 2.45) is 0 Å². The SMILES string of the molecule is CC1(C)Nc2ccccc2N(CCOC(=O)CCCN2C(=O)c3ccccc3C2=O)C1=O. The maximum atomic E-state index is 12.8. The molecule has 2 aliphatic rings.